The van der Waals surface area contributed by atoms with Crippen molar-refractivity contribution >= 4 is 11.7 Å². The van der Waals surface area contributed by atoms with Crippen molar-refractivity contribution < 1.29 is 22.5 Å². The van der Waals surface area contributed by atoms with Crippen molar-refractivity contribution in [1.29, 1.82) is 0 Å². The Balaban J connectivity index is 1.86. The molecule has 6 nitrogen and oxygen atoms in total. The van der Waals surface area contributed by atoms with E-state index in [2.05, 4.69) is 14.8 Å². The summed E-state index contributed by atoms with van der Waals surface area (Å²) < 4.78 is 44.7. The molecule has 0 atom stereocenters. The quantitative estimate of drug-likeness (QED) is 0.870. The first kappa shape index (κ1) is 14.6. The number of aromatic nitrogens is 3. The van der Waals surface area contributed by atoms with Gasteiger partial charge in [0.25, 0.3) is 0 Å². The molecular formula is C13H13F3N4O2. The first-order chi connectivity index (χ1) is 10.4. The fraction of sp³-hybridized carbons (Fsp3) is 0.462. The van der Waals surface area contributed by atoms with Crippen LogP contribution in [0.4, 0.5) is 19.0 Å². The lowest BCUT2D eigenvalue weighted by Gasteiger charge is -2.14. The number of halogens is 3. The minimum Gasteiger partial charge on any atom is -0.363 e. The van der Waals surface area contributed by atoms with E-state index >= 15 is 0 Å². The molecule has 1 amide bonds. The molecule has 118 valence electrons. The number of carbonyl (C=O) groups excluding carboxylic acids is 1. The summed E-state index contributed by atoms with van der Waals surface area (Å²) in [7, 11) is 1.48. The molecule has 0 bridgehead atoms. The molecule has 1 aliphatic carbocycles. The summed E-state index contributed by atoms with van der Waals surface area (Å²) in [4.78, 5) is 13.4. The maximum Gasteiger partial charge on any atom is 0.435 e. The maximum atomic E-state index is 13.0. The van der Waals surface area contributed by atoms with Crippen LogP contribution in [-0.4, -0.2) is 27.9 Å². The predicted molar refractivity (Wildman–Crippen MR) is 69.2 cm³/mol. The molecule has 0 saturated carbocycles. The summed E-state index contributed by atoms with van der Waals surface area (Å²) in [5.74, 6) is -0.121. The molecule has 0 unspecified atom stereocenters. The highest BCUT2D eigenvalue weighted by Crippen LogP contribution is 2.36. The van der Waals surface area contributed by atoms with E-state index in [9.17, 15) is 18.0 Å². The first-order valence-corrected chi connectivity index (χ1v) is 6.70. The molecule has 0 radical (unpaired) electrons. The van der Waals surface area contributed by atoms with Gasteiger partial charge >= 0.3 is 6.18 Å². The van der Waals surface area contributed by atoms with Crippen molar-refractivity contribution in [1.82, 2.24) is 14.9 Å². The van der Waals surface area contributed by atoms with Gasteiger partial charge in [-0.05, 0) is 19.3 Å². The van der Waals surface area contributed by atoms with Crippen LogP contribution in [0.5, 0.6) is 0 Å². The van der Waals surface area contributed by atoms with Crippen LogP contribution in [0.3, 0.4) is 0 Å². The van der Waals surface area contributed by atoms with Crippen molar-refractivity contribution in [2.75, 3.05) is 11.9 Å². The van der Waals surface area contributed by atoms with Gasteiger partial charge in [0.05, 0.1) is 0 Å². The van der Waals surface area contributed by atoms with Gasteiger partial charge in [0.15, 0.2) is 11.5 Å². The SMILES string of the molecule is CN(C(=O)Cn1nc(C(F)(F)F)c2c1CCC2)c1ccon1. The minimum absolute atomic E-state index is 0.212. The van der Waals surface area contributed by atoms with Crippen LogP contribution in [0.25, 0.3) is 0 Å². The summed E-state index contributed by atoms with van der Waals surface area (Å²) in [5, 5.41) is 7.22. The van der Waals surface area contributed by atoms with E-state index < -0.39 is 17.8 Å². The zero-order valence-electron chi connectivity index (χ0n) is 11.7. The number of fused-ring (bicyclic) bond motifs is 1. The van der Waals surface area contributed by atoms with Gasteiger partial charge in [0.1, 0.15) is 12.8 Å². The summed E-state index contributed by atoms with van der Waals surface area (Å²) >= 11 is 0. The van der Waals surface area contributed by atoms with Crippen molar-refractivity contribution in [3.8, 4) is 0 Å². The molecule has 0 N–H and O–H groups in total. The highest BCUT2D eigenvalue weighted by molar-refractivity contribution is 5.91. The summed E-state index contributed by atoms with van der Waals surface area (Å²) in [5.41, 5.74) is -0.171. The topological polar surface area (TPSA) is 64.2 Å². The van der Waals surface area contributed by atoms with E-state index in [-0.39, 0.29) is 12.1 Å². The molecule has 3 rings (SSSR count). The average Bonchev–Trinajstić information content (AvgIpc) is 3.14. The lowest BCUT2D eigenvalue weighted by atomic mass is 10.2. The molecular weight excluding hydrogens is 301 g/mol. The molecule has 2 aromatic rings. The molecule has 0 spiro atoms. The smallest absolute Gasteiger partial charge is 0.363 e. The van der Waals surface area contributed by atoms with Crippen LogP contribution in [0.1, 0.15) is 23.4 Å². The fourth-order valence-corrected chi connectivity index (χ4v) is 2.61. The monoisotopic (exact) mass is 314 g/mol. The van der Waals surface area contributed by atoms with E-state index in [0.717, 1.165) is 4.68 Å². The summed E-state index contributed by atoms with van der Waals surface area (Å²) in [6.07, 6.45) is -1.70. The van der Waals surface area contributed by atoms with Crippen LogP contribution in [0.2, 0.25) is 0 Å². The van der Waals surface area contributed by atoms with Gasteiger partial charge < -0.3 is 4.52 Å². The van der Waals surface area contributed by atoms with E-state index in [4.69, 9.17) is 0 Å². The highest BCUT2D eigenvalue weighted by Gasteiger charge is 2.40. The van der Waals surface area contributed by atoms with Gasteiger partial charge in [-0.15, -0.1) is 0 Å². The molecule has 2 heterocycles. The Labute approximate surface area is 123 Å². The van der Waals surface area contributed by atoms with Crippen LogP contribution in [0, 0.1) is 0 Å². The third kappa shape index (κ3) is 2.46. The van der Waals surface area contributed by atoms with Gasteiger partial charge in [-0.2, -0.15) is 18.3 Å². The summed E-state index contributed by atoms with van der Waals surface area (Å²) in [6.45, 7) is -0.262. The molecule has 0 fully saturated rings. The number of carbonyl (C=O) groups is 1. The van der Waals surface area contributed by atoms with Crippen LogP contribution < -0.4 is 4.90 Å². The number of amides is 1. The second-order valence-corrected chi connectivity index (χ2v) is 5.09. The second kappa shape index (κ2) is 5.15. The number of likely N-dealkylation sites (N-methyl/N-ethyl adjacent to an activating group) is 1. The van der Waals surface area contributed by atoms with Crippen molar-refractivity contribution in [2.45, 2.75) is 32.0 Å². The minimum atomic E-state index is -4.50. The van der Waals surface area contributed by atoms with Gasteiger partial charge in [-0.1, -0.05) is 5.16 Å². The van der Waals surface area contributed by atoms with Gasteiger partial charge in [-0.25, -0.2) is 0 Å². The van der Waals surface area contributed by atoms with Crippen molar-refractivity contribution in [3.63, 3.8) is 0 Å². The van der Waals surface area contributed by atoms with Gasteiger partial charge in [0, 0.05) is 24.4 Å². The Kier molecular flexibility index (Phi) is 3.42. The standard InChI is InChI=1S/C13H13F3N4O2/c1-19(10-5-6-22-18-10)11(21)7-20-9-4-2-3-8(9)12(17-20)13(14,15)16/h5-6H,2-4,7H2,1H3. The third-order valence-corrected chi connectivity index (χ3v) is 3.70. The van der Waals surface area contributed by atoms with Crippen LogP contribution in [-0.2, 0) is 30.4 Å². The van der Waals surface area contributed by atoms with Gasteiger partial charge in [0.2, 0.25) is 5.91 Å². The largest absolute Gasteiger partial charge is 0.435 e. The van der Waals surface area contributed by atoms with E-state index in [1.807, 2.05) is 0 Å². The number of hydrogen-bond donors (Lipinski definition) is 0. The van der Waals surface area contributed by atoms with Crippen LogP contribution >= 0.6 is 0 Å². The lowest BCUT2D eigenvalue weighted by molar-refractivity contribution is -0.142. The van der Waals surface area contributed by atoms with Crippen molar-refractivity contribution in [3.05, 3.63) is 29.3 Å². The van der Waals surface area contributed by atoms with E-state index in [0.29, 0.717) is 30.8 Å². The molecule has 22 heavy (non-hydrogen) atoms. The van der Waals surface area contributed by atoms with E-state index in [1.165, 1.54) is 24.3 Å². The average molecular weight is 314 g/mol. The number of nitrogens with zero attached hydrogens (tertiary/aromatic N) is 4. The molecule has 0 aromatic carbocycles. The van der Waals surface area contributed by atoms with Crippen molar-refractivity contribution in [2.24, 2.45) is 0 Å². The molecule has 9 heteroatoms. The van der Waals surface area contributed by atoms with Crippen LogP contribution in [0.15, 0.2) is 16.9 Å². The molecule has 2 aromatic heterocycles. The predicted octanol–water partition coefficient (Wildman–Crippen LogP) is 2.04. The Morgan fingerprint density at radius 1 is 1.45 bits per heavy atom. The molecule has 0 aliphatic heterocycles. The summed E-state index contributed by atoms with van der Waals surface area (Å²) in [6, 6.07) is 1.49. The van der Waals surface area contributed by atoms with E-state index in [1.54, 1.807) is 0 Å². The number of alkyl halides is 3. The second-order valence-electron chi connectivity index (χ2n) is 5.09. The first-order valence-electron chi connectivity index (χ1n) is 6.70. The Bertz CT molecular complexity index is 691. The number of anilines is 1. The number of hydrogen-bond acceptors (Lipinski definition) is 4. The number of rotatable bonds is 3. The fourth-order valence-electron chi connectivity index (χ4n) is 2.61. The zero-order chi connectivity index (χ0) is 15.9. The Morgan fingerprint density at radius 3 is 2.86 bits per heavy atom. The Morgan fingerprint density at radius 2 is 2.23 bits per heavy atom. The molecule has 0 saturated heterocycles. The zero-order valence-corrected chi connectivity index (χ0v) is 11.7. The lowest BCUT2D eigenvalue weighted by Crippen LogP contribution is -2.31. The normalized spacial score (nSPS) is 14.2. The third-order valence-electron chi connectivity index (χ3n) is 3.70. The Hall–Kier alpha value is -2.32. The highest BCUT2D eigenvalue weighted by atomic mass is 19.4. The molecule has 1 aliphatic rings. The van der Waals surface area contributed by atoms with Gasteiger partial charge in [-0.3, -0.25) is 14.4 Å². The maximum absolute atomic E-state index is 13.0.